The molecular weight excluding hydrogens is 196 g/mol. The summed E-state index contributed by atoms with van der Waals surface area (Å²) in [5.41, 5.74) is 3.75. The third-order valence-corrected chi connectivity index (χ3v) is 3.27. The Morgan fingerprint density at radius 1 is 1.53 bits per heavy atom. The normalized spacial score (nSPS) is 22.3. The first-order chi connectivity index (χ1) is 6.84. The second-order valence-corrected chi connectivity index (χ2v) is 4.45. The van der Waals surface area contributed by atoms with E-state index in [4.69, 9.17) is 10.8 Å². The lowest BCUT2D eigenvalue weighted by Crippen LogP contribution is -2.64. The molecule has 1 fully saturated rings. The molecule has 4 N–H and O–H groups in total. The SMILES string of the molecule is CCC(C)(NC(=O)C1(N)CCC1)C(=O)O. The molecule has 0 aliphatic heterocycles. The van der Waals surface area contributed by atoms with Crippen LogP contribution in [0.25, 0.3) is 0 Å². The van der Waals surface area contributed by atoms with Crippen molar-refractivity contribution in [3.63, 3.8) is 0 Å². The lowest BCUT2D eigenvalue weighted by molar-refractivity contribution is -0.148. The molecule has 0 radical (unpaired) electrons. The molecule has 5 heteroatoms. The summed E-state index contributed by atoms with van der Waals surface area (Å²) in [6.45, 7) is 3.22. The molecule has 86 valence electrons. The number of rotatable bonds is 4. The molecule has 0 aromatic heterocycles. The number of aliphatic carboxylic acids is 1. The predicted octanol–water partition coefficient (Wildman–Crippen LogP) is 0.237. The number of carboxylic acid groups (broad SMARTS) is 1. The lowest BCUT2D eigenvalue weighted by atomic mass is 9.76. The Morgan fingerprint density at radius 2 is 2.07 bits per heavy atom. The van der Waals surface area contributed by atoms with Crippen LogP contribution in [0.2, 0.25) is 0 Å². The fourth-order valence-electron chi connectivity index (χ4n) is 1.45. The molecule has 0 spiro atoms. The Labute approximate surface area is 89.0 Å². The highest BCUT2D eigenvalue weighted by Gasteiger charge is 2.44. The van der Waals surface area contributed by atoms with Crippen molar-refractivity contribution in [3.05, 3.63) is 0 Å². The zero-order chi connectivity index (χ0) is 11.7. The molecule has 0 aromatic carbocycles. The van der Waals surface area contributed by atoms with Gasteiger partial charge in [-0.1, -0.05) is 6.92 Å². The molecule has 0 bridgehead atoms. The molecule has 15 heavy (non-hydrogen) atoms. The van der Waals surface area contributed by atoms with Gasteiger partial charge < -0.3 is 16.2 Å². The summed E-state index contributed by atoms with van der Waals surface area (Å²) in [6.07, 6.45) is 2.54. The van der Waals surface area contributed by atoms with Gasteiger partial charge in [-0.15, -0.1) is 0 Å². The number of amides is 1. The standard InChI is InChI=1S/C10H18N2O3/c1-3-9(2,8(14)15)12-7(13)10(11)5-4-6-10/h3-6,11H2,1-2H3,(H,12,13)(H,14,15). The fourth-order valence-corrected chi connectivity index (χ4v) is 1.45. The fraction of sp³-hybridized carbons (Fsp3) is 0.800. The molecule has 1 amide bonds. The van der Waals surface area contributed by atoms with Gasteiger partial charge in [0, 0.05) is 0 Å². The molecule has 0 heterocycles. The average molecular weight is 214 g/mol. The van der Waals surface area contributed by atoms with Crippen LogP contribution in [0.3, 0.4) is 0 Å². The number of carbonyl (C=O) groups excluding carboxylic acids is 1. The van der Waals surface area contributed by atoms with E-state index in [9.17, 15) is 9.59 Å². The van der Waals surface area contributed by atoms with Crippen LogP contribution in [-0.4, -0.2) is 28.1 Å². The van der Waals surface area contributed by atoms with Gasteiger partial charge in [-0.2, -0.15) is 0 Å². The Bertz CT molecular complexity index is 286. The van der Waals surface area contributed by atoms with Crippen LogP contribution in [0.4, 0.5) is 0 Å². The average Bonchev–Trinajstić information content (AvgIpc) is 2.13. The summed E-state index contributed by atoms with van der Waals surface area (Å²) in [7, 11) is 0. The van der Waals surface area contributed by atoms with E-state index in [1.54, 1.807) is 6.92 Å². The first-order valence-corrected chi connectivity index (χ1v) is 5.19. The molecule has 0 saturated heterocycles. The van der Waals surface area contributed by atoms with Crippen molar-refractivity contribution in [1.29, 1.82) is 0 Å². The second-order valence-electron chi connectivity index (χ2n) is 4.45. The van der Waals surface area contributed by atoms with Gasteiger partial charge in [0.1, 0.15) is 5.54 Å². The van der Waals surface area contributed by atoms with Crippen LogP contribution in [0, 0.1) is 0 Å². The van der Waals surface area contributed by atoms with Gasteiger partial charge >= 0.3 is 5.97 Å². The van der Waals surface area contributed by atoms with Gasteiger partial charge in [-0.25, -0.2) is 4.79 Å². The number of carboxylic acids is 1. The molecule has 1 saturated carbocycles. The van der Waals surface area contributed by atoms with E-state index >= 15 is 0 Å². The second kappa shape index (κ2) is 3.81. The summed E-state index contributed by atoms with van der Waals surface area (Å²) >= 11 is 0. The third kappa shape index (κ3) is 2.12. The summed E-state index contributed by atoms with van der Waals surface area (Å²) in [6, 6.07) is 0. The first kappa shape index (κ1) is 12.0. The van der Waals surface area contributed by atoms with E-state index in [1.165, 1.54) is 6.92 Å². The van der Waals surface area contributed by atoms with Gasteiger partial charge in [0.2, 0.25) is 5.91 Å². The van der Waals surface area contributed by atoms with Gasteiger partial charge in [-0.3, -0.25) is 4.79 Å². The van der Waals surface area contributed by atoms with Crippen LogP contribution in [0.15, 0.2) is 0 Å². The number of carbonyl (C=O) groups is 2. The zero-order valence-corrected chi connectivity index (χ0v) is 9.17. The minimum absolute atomic E-state index is 0.337. The predicted molar refractivity (Wildman–Crippen MR) is 55.2 cm³/mol. The van der Waals surface area contributed by atoms with Crippen molar-refractivity contribution in [1.82, 2.24) is 5.32 Å². The van der Waals surface area contributed by atoms with Crippen LogP contribution in [0.5, 0.6) is 0 Å². The van der Waals surface area contributed by atoms with Crippen molar-refractivity contribution in [3.8, 4) is 0 Å². The van der Waals surface area contributed by atoms with Crippen molar-refractivity contribution >= 4 is 11.9 Å². The minimum atomic E-state index is -1.21. The smallest absolute Gasteiger partial charge is 0.329 e. The van der Waals surface area contributed by atoms with Crippen LogP contribution in [-0.2, 0) is 9.59 Å². The molecule has 0 aromatic rings. The van der Waals surface area contributed by atoms with E-state index in [1.807, 2.05) is 0 Å². The van der Waals surface area contributed by atoms with Crippen LogP contribution < -0.4 is 11.1 Å². The van der Waals surface area contributed by atoms with Gasteiger partial charge in [0.05, 0.1) is 5.54 Å². The number of nitrogens with two attached hydrogens (primary N) is 1. The molecule has 1 rings (SSSR count). The van der Waals surface area contributed by atoms with Crippen molar-refractivity contribution in [2.45, 2.75) is 50.6 Å². The van der Waals surface area contributed by atoms with Crippen LogP contribution >= 0.6 is 0 Å². The highest BCUT2D eigenvalue weighted by atomic mass is 16.4. The van der Waals surface area contributed by atoms with Gasteiger partial charge in [-0.05, 0) is 32.6 Å². The molecule has 5 nitrogen and oxygen atoms in total. The topological polar surface area (TPSA) is 92.4 Å². The molecule has 1 aliphatic carbocycles. The summed E-state index contributed by atoms with van der Waals surface area (Å²) in [5, 5.41) is 11.5. The minimum Gasteiger partial charge on any atom is -0.480 e. The van der Waals surface area contributed by atoms with E-state index < -0.39 is 17.0 Å². The lowest BCUT2D eigenvalue weighted by Gasteiger charge is -2.39. The van der Waals surface area contributed by atoms with Crippen molar-refractivity contribution in [2.75, 3.05) is 0 Å². The van der Waals surface area contributed by atoms with E-state index in [0.29, 0.717) is 19.3 Å². The molecular formula is C10H18N2O3. The summed E-state index contributed by atoms with van der Waals surface area (Å²) in [5.74, 6) is -1.37. The Morgan fingerprint density at radius 3 is 2.33 bits per heavy atom. The number of hydrogen-bond acceptors (Lipinski definition) is 3. The maximum absolute atomic E-state index is 11.7. The number of nitrogens with one attached hydrogen (secondary N) is 1. The third-order valence-electron chi connectivity index (χ3n) is 3.27. The Balaban J connectivity index is 2.67. The monoisotopic (exact) mass is 214 g/mol. The molecule has 1 aliphatic rings. The Kier molecular flexibility index (Phi) is 3.04. The highest BCUT2D eigenvalue weighted by molar-refractivity contribution is 5.92. The summed E-state index contributed by atoms with van der Waals surface area (Å²) in [4.78, 5) is 22.7. The maximum atomic E-state index is 11.7. The van der Waals surface area contributed by atoms with Crippen LogP contribution in [0.1, 0.15) is 39.5 Å². The van der Waals surface area contributed by atoms with Crippen molar-refractivity contribution in [2.24, 2.45) is 5.73 Å². The van der Waals surface area contributed by atoms with E-state index in [2.05, 4.69) is 5.32 Å². The highest BCUT2D eigenvalue weighted by Crippen LogP contribution is 2.29. The zero-order valence-electron chi connectivity index (χ0n) is 9.17. The quantitative estimate of drug-likeness (QED) is 0.625. The van der Waals surface area contributed by atoms with E-state index in [-0.39, 0.29) is 5.91 Å². The number of hydrogen-bond donors (Lipinski definition) is 3. The van der Waals surface area contributed by atoms with E-state index in [0.717, 1.165) is 6.42 Å². The Hall–Kier alpha value is -1.10. The first-order valence-electron chi connectivity index (χ1n) is 5.19. The van der Waals surface area contributed by atoms with Gasteiger partial charge in [0.15, 0.2) is 0 Å². The maximum Gasteiger partial charge on any atom is 0.329 e. The molecule has 1 atom stereocenters. The van der Waals surface area contributed by atoms with Crippen molar-refractivity contribution < 1.29 is 14.7 Å². The largest absolute Gasteiger partial charge is 0.480 e. The summed E-state index contributed by atoms with van der Waals surface area (Å²) < 4.78 is 0. The van der Waals surface area contributed by atoms with Gasteiger partial charge in [0.25, 0.3) is 0 Å². The molecule has 1 unspecified atom stereocenters.